The summed E-state index contributed by atoms with van der Waals surface area (Å²) in [4.78, 5) is 8.93. The molecule has 10 nitrogen and oxygen atoms in total. The molecule has 0 spiro atoms. The van der Waals surface area contributed by atoms with E-state index in [9.17, 15) is 5.26 Å². The fraction of sp³-hybridized carbons (Fsp3) is 0.333. The molecule has 1 saturated heterocycles. The Kier molecular flexibility index (Phi) is 5.12. The van der Waals surface area contributed by atoms with Gasteiger partial charge in [0.1, 0.15) is 11.9 Å². The SMILES string of the molecule is CC(C)Nc1cc(-n2ncc3cc(C#N)c(N)nc32)ncc1/C(N)=C/N1CC(C)N1C. The molecule has 3 aromatic heterocycles. The summed E-state index contributed by atoms with van der Waals surface area (Å²) in [6.07, 6.45) is 5.30. The second-order valence-corrected chi connectivity index (χ2v) is 8.02. The van der Waals surface area contributed by atoms with Gasteiger partial charge in [-0.2, -0.15) is 15.0 Å². The van der Waals surface area contributed by atoms with Crippen LogP contribution in [0.4, 0.5) is 11.5 Å². The Morgan fingerprint density at radius 1 is 1.35 bits per heavy atom. The van der Waals surface area contributed by atoms with Gasteiger partial charge in [0.2, 0.25) is 0 Å². The first kappa shape index (κ1) is 20.4. The van der Waals surface area contributed by atoms with Crippen molar-refractivity contribution in [2.24, 2.45) is 5.73 Å². The first-order chi connectivity index (χ1) is 14.8. The van der Waals surface area contributed by atoms with Gasteiger partial charge in [-0.05, 0) is 26.8 Å². The molecule has 4 rings (SSSR count). The molecule has 1 aliphatic heterocycles. The Balaban J connectivity index is 1.76. The van der Waals surface area contributed by atoms with Crippen LogP contribution in [-0.2, 0) is 0 Å². The lowest BCUT2D eigenvalue weighted by Crippen LogP contribution is -2.58. The summed E-state index contributed by atoms with van der Waals surface area (Å²) in [5, 5.41) is 21.9. The van der Waals surface area contributed by atoms with Crippen LogP contribution in [0.5, 0.6) is 0 Å². The summed E-state index contributed by atoms with van der Waals surface area (Å²) in [5.74, 6) is 0.731. The van der Waals surface area contributed by atoms with E-state index in [1.54, 1.807) is 23.1 Å². The first-order valence-corrected chi connectivity index (χ1v) is 10.1. The van der Waals surface area contributed by atoms with Crippen LogP contribution in [0.15, 0.2) is 30.7 Å². The minimum absolute atomic E-state index is 0.161. The maximum atomic E-state index is 9.18. The zero-order valence-electron chi connectivity index (χ0n) is 18.0. The van der Waals surface area contributed by atoms with Crippen molar-refractivity contribution in [3.8, 4) is 11.9 Å². The summed E-state index contributed by atoms with van der Waals surface area (Å²) in [7, 11) is 2.03. The number of nitrogens with one attached hydrogen (secondary N) is 1. The van der Waals surface area contributed by atoms with Crippen molar-refractivity contribution in [1.29, 1.82) is 5.26 Å². The number of nitrogens with zero attached hydrogens (tertiary/aromatic N) is 7. The maximum absolute atomic E-state index is 9.18. The molecule has 1 aliphatic rings. The standard InChI is InChI=1S/C21H26N10/c1-12(2)27-18-6-19(25-9-16(18)17(23)11-30-10-13(3)29(30)4)31-21-15(8-26-31)5-14(7-22)20(24)28-21/h5-6,8-9,11-13H,10,23H2,1-4H3,(H2,24,28)(H,25,27)/b17-11-. The fourth-order valence-corrected chi connectivity index (χ4v) is 3.50. The zero-order valence-corrected chi connectivity index (χ0v) is 18.0. The Morgan fingerprint density at radius 3 is 2.77 bits per heavy atom. The molecule has 0 saturated carbocycles. The molecule has 0 aliphatic carbocycles. The van der Waals surface area contributed by atoms with Crippen LogP contribution in [0, 0.1) is 11.3 Å². The third kappa shape index (κ3) is 3.71. The lowest BCUT2D eigenvalue weighted by atomic mass is 10.1. The van der Waals surface area contributed by atoms with Gasteiger partial charge in [-0.1, -0.05) is 0 Å². The number of hydrogen-bond donors (Lipinski definition) is 3. The monoisotopic (exact) mass is 418 g/mol. The molecule has 1 unspecified atom stereocenters. The van der Waals surface area contributed by atoms with Gasteiger partial charge >= 0.3 is 0 Å². The third-order valence-corrected chi connectivity index (χ3v) is 5.34. The van der Waals surface area contributed by atoms with Gasteiger partial charge in [0, 0.05) is 54.2 Å². The number of likely N-dealkylation sites (N-methyl/N-ethyl adjacent to an activating group) is 1. The van der Waals surface area contributed by atoms with Gasteiger partial charge in [0.05, 0.1) is 24.0 Å². The van der Waals surface area contributed by atoms with Crippen molar-refractivity contribution in [1.82, 2.24) is 29.8 Å². The van der Waals surface area contributed by atoms with Crippen molar-refractivity contribution in [3.63, 3.8) is 0 Å². The predicted octanol–water partition coefficient (Wildman–Crippen LogP) is 1.90. The molecule has 4 heterocycles. The number of aromatic nitrogens is 4. The number of fused-ring (bicyclic) bond motifs is 1. The molecule has 3 aromatic rings. The summed E-state index contributed by atoms with van der Waals surface area (Å²) in [6, 6.07) is 6.29. The summed E-state index contributed by atoms with van der Waals surface area (Å²) in [6.45, 7) is 7.21. The Bertz CT molecular complexity index is 1200. The van der Waals surface area contributed by atoms with Gasteiger partial charge in [0.25, 0.3) is 0 Å². The molecule has 1 atom stereocenters. The number of hydrazine groups is 1. The Labute approximate surface area is 180 Å². The lowest BCUT2D eigenvalue weighted by Gasteiger charge is -2.47. The van der Waals surface area contributed by atoms with Crippen LogP contribution >= 0.6 is 0 Å². The number of nitrogens with two attached hydrogens (primary N) is 2. The van der Waals surface area contributed by atoms with Crippen molar-refractivity contribution in [2.75, 3.05) is 24.6 Å². The van der Waals surface area contributed by atoms with Gasteiger partial charge < -0.3 is 21.8 Å². The number of nitrogen functional groups attached to an aromatic ring is 1. The molecule has 1 fully saturated rings. The van der Waals surface area contributed by atoms with Crippen LogP contribution in [0.2, 0.25) is 0 Å². The Morgan fingerprint density at radius 2 is 2.13 bits per heavy atom. The van der Waals surface area contributed by atoms with Crippen molar-refractivity contribution in [3.05, 3.63) is 41.9 Å². The van der Waals surface area contributed by atoms with E-state index in [4.69, 9.17) is 11.5 Å². The molecular weight excluding hydrogens is 392 g/mol. The highest BCUT2D eigenvalue weighted by molar-refractivity contribution is 5.81. The topological polar surface area (TPSA) is 138 Å². The van der Waals surface area contributed by atoms with Crippen LogP contribution in [-0.4, -0.2) is 55.4 Å². The molecule has 0 bridgehead atoms. The van der Waals surface area contributed by atoms with E-state index >= 15 is 0 Å². The van der Waals surface area contributed by atoms with E-state index in [-0.39, 0.29) is 11.9 Å². The summed E-state index contributed by atoms with van der Waals surface area (Å²) >= 11 is 0. The average molecular weight is 419 g/mol. The largest absolute Gasteiger partial charge is 0.397 e. The number of rotatable bonds is 5. The highest BCUT2D eigenvalue weighted by atomic mass is 15.7. The first-order valence-electron chi connectivity index (χ1n) is 10.1. The number of hydrogen-bond acceptors (Lipinski definition) is 9. The smallest absolute Gasteiger partial charge is 0.167 e. The Hall–Kier alpha value is -3.84. The van der Waals surface area contributed by atoms with Crippen LogP contribution in [0.25, 0.3) is 22.5 Å². The van der Waals surface area contributed by atoms with Crippen molar-refractivity contribution in [2.45, 2.75) is 32.9 Å². The molecule has 160 valence electrons. The molecule has 0 aromatic carbocycles. The quantitative estimate of drug-likeness (QED) is 0.567. The van der Waals surface area contributed by atoms with Crippen LogP contribution in [0.1, 0.15) is 31.9 Å². The molecule has 31 heavy (non-hydrogen) atoms. The average Bonchev–Trinajstić information content (AvgIpc) is 3.14. The number of anilines is 2. The summed E-state index contributed by atoms with van der Waals surface area (Å²) in [5.41, 5.74) is 15.5. The van der Waals surface area contributed by atoms with E-state index in [1.807, 2.05) is 25.4 Å². The van der Waals surface area contributed by atoms with E-state index in [0.29, 0.717) is 34.2 Å². The molecule has 0 radical (unpaired) electrons. The summed E-state index contributed by atoms with van der Waals surface area (Å²) < 4.78 is 1.60. The van der Waals surface area contributed by atoms with E-state index < -0.39 is 0 Å². The molecule has 10 heteroatoms. The van der Waals surface area contributed by atoms with E-state index in [2.05, 4.69) is 51.2 Å². The molecule has 5 N–H and O–H groups in total. The van der Waals surface area contributed by atoms with Gasteiger partial charge in [-0.25, -0.2) is 15.0 Å². The van der Waals surface area contributed by atoms with E-state index in [0.717, 1.165) is 17.8 Å². The normalized spacial score (nSPS) is 17.1. The lowest BCUT2D eigenvalue weighted by molar-refractivity contribution is -0.0936. The second kappa shape index (κ2) is 7.77. The van der Waals surface area contributed by atoms with Gasteiger partial charge in [-0.3, -0.25) is 0 Å². The minimum atomic E-state index is 0.161. The number of pyridine rings is 2. The highest BCUT2D eigenvalue weighted by Gasteiger charge is 2.27. The van der Waals surface area contributed by atoms with Crippen molar-refractivity contribution >= 4 is 28.2 Å². The second-order valence-electron chi connectivity index (χ2n) is 8.02. The van der Waals surface area contributed by atoms with E-state index in [1.165, 1.54) is 0 Å². The number of nitriles is 1. The van der Waals surface area contributed by atoms with Gasteiger partial charge in [-0.15, -0.1) is 0 Å². The predicted molar refractivity (Wildman–Crippen MR) is 121 cm³/mol. The third-order valence-electron chi connectivity index (χ3n) is 5.34. The van der Waals surface area contributed by atoms with Crippen molar-refractivity contribution < 1.29 is 0 Å². The highest BCUT2D eigenvalue weighted by Crippen LogP contribution is 2.27. The molecular formula is C21H26N10. The zero-order chi connectivity index (χ0) is 22.3. The van der Waals surface area contributed by atoms with Crippen LogP contribution < -0.4 is 16.8 Å². The molecule has 0 amide bonds. The maximum Gasteiger partial charge on any atom is 0.167 e. The van der Waals surface area contributed by atoms with Gasteiger partial charge in [0.15, 0.2) is 11.5 Å². The fourth-order valence-electron chi connectivity index (χ4n) is 3.50. The van der Waals surface area contributed by atoms with Crippen LogP contribution in [0.3, 0.4) is 0 Å². The minimum Gasteiger partial charge on any atom is -0.397 e.